The summed E-state index contributed by atoms with van der Waals surface area (Å²) in [6, 6.07) is 7.36. The third-order valence-electron chi connectivity index (χ3n) is 9.26. The number of allylic oxidation sites excluding steroid dienone is 1. The minimum atomic E-state index is -4.49. The van der Waals surface area contributed by atoms with E-state index in [9.17, 15) is 37.1 Å². The SMILES string of the molecule is CN(C(=O)c1cc(N2CC(C#C/C(C=N)=C/NC(C)(C)C(=O)Nc3ccc(C(F)(F)F)cc3CC3CC3)C2)ccc1C=O)C1CCC(=O)NC1=O. The molecule has 11 nitrogen and oxygen atoms in total. The van der Waals surface area contributed by atoms with Gasteiger partial charge in [0.15, 0.2) is 6.29 Å². The van der Waals surface area contributed by atoms with Crippen LogP contribution < -0.4 is 20.9 Å². The van der Waals surface area contributed by atoms with Crippen molar-refractivity contribution >= 4 is 47.5 Å². The number of hydrogen-bond acceptors (Lipinski definition) is 8. The Morgan fingerprint density at radius 3 is 2.45 bits per heavy atom. The molecule has 0 spiro atoms. The largest absolute Gasteiger partial charge is 0.416 e. The molecule has 5 rings (SSSR count). The Kier molecular flexibility index (Phi) is 10.7. The topological polar surface area (TPSA) is 152 Å². The molecule has 2 aromatic rings. The lowest BCUT2D eigenvalue weighted by Gasteiger charge is -2.38. The Balaban J connectivity index is 1.19. The van der Waals surface area contributed by atoms with E-state index in [-0.39, 0.29) is 29.9 Å². The summed E-state index contributed by atoms with van der Waals surface area (Å²) in [7, 11) is 1.46. The summed E-state index contributed by atoms with van der Waals surface area (Å²) in [5.41, 5.74) is 0.107. The lowest BCUT2D eigenvalue weighted by molar-refractivity contribution is -0.138. The molecule has 0 radical (unpaired) electrons. The number of hydrogen-bond donors (Lipinski definition) is 4. The second-order valence-electron chi connectivity index (χ2n) is 13.6. The standard InChI is InChI=1S/C37H39F3N6O5/c1-36(2,35(51)43-30-11-9-27(37(38,39)40)15-26(30)14-22-4-5-22)42-18-23(17-41)6-7-24-19-46(20-24)28-10-8-25(21-47)29(16-28)34(50)45(3)31-12-13-32(48)44-33(31)49/h8-11,15-18,21-22,24,31,41-42H,4-5,12-14,19-20H2,1-3H3,(H,43,51)(H,44,48,49)/b23-18-,41-17?. The molecular formula is C37H39F3N6O5. The van der Waals surface area contributed by atoms with Crippen molar-refractivity contribution in [1.29, 1.82) is 5.41 Å². The fourth-order valence-corrected chi connectivity index (χ4v) is 5.79. The summed E-state index contributed by atoms with van der Waals surface area (Å²) in [5.74, 6) is 4.32. The van der Waals surface area contributed by atoms with Crippen molar-refractivity contribution < 1.29 is 37.1 Å². The van der Waals surface area contributed by atoms with E-state index >= 15 is 0 Å². The molecule has 268 valence electrons. The van der Waals surface area contributed by atoms with Crippen molar-refractivity contribution in [3.8, 4) is 11.8 Å². The average molecular weight is 705 g/mol. The minimum Gasteiger partial charge on any atom is -0.377 e. The molecule has 51 heavy (non-hydrogen) atoms. The minimum absolute atomic E-state index is 0.0785. The molecule has 1 atom stereocenters. The van der Waals surface area contributed by atoms with Gasteiger partial charge in [-0.15, -0.1) is 0 Å². The van der Waals surface area contributed by atoms with Crippen LogP contribution in [-0.4, -0.2) is 72.7 Å². The van der Waals surface area contributed by atoms with Gasteiger partial charge in [0.1, 0.15) is 11.6 Å². The average Bonchev–Trinajstić information content (AvgIpc) is 3.89. The Hall–Kier alpha value is -5.45. The van der Waals surface area contributed by atoms with Gasteiger partial charge in [-0.2, -0.15) is 13.2 Å². The fourth-order valence-electron chi connectivity index (χ4n) is 5.79. The van der Waals surface area contributed by atoms with Gasteiger partial charge >= 0.3 is 6.18 Å². The van der Waals surface area contributed by atoms with Gasteiger partial charge in [0.05, 0.1) is 22.6 Å². The van der Waals surface area contributed by atoms with Gasteiger partial charge in [0, 0.05) is 55.9 Å². The van der Waals surface area contributed by atoms with Crippen LogP contribution in [0.4, 0.5) is 24.5 Å². The zero-order valence-corrected chi connectivity index (χ0v) is 28.4. The molecule has 14 heteroatoms. The summed E-state index contributed by atoms with van der Waals surface area (Å²) < 4.78 is 40.0. The molecule has 0 aromatic heterocycles. The highest BCUT2D eigenvalue weighted by Gasteiger charge is 2.35. The molecule has 1 unspecified atom stereocenters. The van der Waals surface area contributed by atoms with Gasteiger partial charge in [-0.25, -0.2) is 0 Å². The quantitative estimate of drug-likeness (QED) is 0.118. The number of likely N-dealkylation sites (N-methyl/N-ethyl adjacent to an activating group) is 1. The number of alkyl halides is 3. The van der Waals surface area contributed by atoms with Crippen LogP contribution in [-0.2, 0) is 27.0 Å². The van der Waals surface area contributed by atoms with Crippen LogP contribution in [0.2, 0.25) is 0 Å². The third-order valence-corrected chi connectivity index (χ3v) is 9.26. The van der Waals surface area contributed by atoms with Crippen molar-refractivity contribution in [3.63, 3.8) is 0 Å². The smallest absolute Gasteiger partial charge is 0.377 e. The molecule has 2 saturated heterocycles. The lowest BCUT2D eigenvalue weighted by atomic mass is 9.97. The summed E-state index contributed by atoms with van der Waals surface area (Å²) in [4.78, 5) is 65.4. The predicted molar refractivity (Wildman–Crippen MR) is 184 cm³/mol. The van der Waals surface area contributed by atoms with Crippen molar-refractivity contribution in [2.45, 2.75) is 63.7 Å². The molecule has 2 aliphatic heterocycles. The Bertz CT molecular complexity index is 1850. The van der Waals surface area contributed by atoms with Crippen molar-refractivity contribution in [3.05, 3.63) is 70.4 Å². The first-order valence-electron chi connectivity index (χ1n) is 16.6. The van der Waals surface area contributed by atoms with Gasteiger partial charge in [-0.05, 0) is 87.4 Å². The fraction of sp³-hybridized carbons (Fsp3) is 0.405. The molecule has 0 bridgehead atoms. The number of nitrogens with zero attached hydrogens (tertiary/aromatic N) is 2. The van der Waals surface area contributed by atoms with Crippen molar-refractivity contribution in [1.82, 2.24) is 15.5 Å². The van der Waals surface area contributed by atoms with E-state index < -0.39 is 46.9 Å². The lowest BCUT2D eigenvalue weighted by Crippen LogP contribution is -2.53. The number of piperidine rings is 1. The number of benzene rings is 2. The number of carbonyl (C=O) groups is 5. The highest BCUT2D eigenvalue weighted by Crippen LogP contribution is 2.38. The van der Waals surface area contributed by atoms with Crippen LogP contribution in [0, 0.1) is 29.1 Å². The second kappa shape index (κ2) is 14.8. The van der Waals surface area contributed by atoms with Gasteiger partial charge in [0.2, 0.25) is 17.7 Å². The molecule has 3 aliphatic rings. The summed E-state index contributed by atoms with van der Waals surface area (Å²) in [6.45, 7) is 4.24. The summed E-state index contributed by atoms with van der Waals surface area (Å²) in [6.07, 6.45) is 1.20. The highest BCUT2D eigenvalue weighted by atomic mass is 19.4. The molecule has 3 fully saturated rings. The van der Waals surface area contributed by atoms with E-state index in [0.29, 0.717) is 54.2 Å². The maximum atomic E-state index is 13.3. The van der Waals surface area contributed by atoms with Crippen LogP contribution in [0.1, 0.15) is 71.4 Å². The van der Waals surface area contributed by atoms with Crippen LogP contribution in [0.5, 0.6) is 0 Å². The first kappa shape index (κ1) is 36.8. The van der Waals surface area contributed by atoms with Crippen molar-refractivity contribution in [2.75, 3.05) is 30.4 Å². The van der Waals surface area contributed by atoms with Gasteiger partial charge in [0.25, 0.3) is 5.91 Å². The molecule has 2 heterocycles. The van der Waals surface area contributed by atoms with E-state index in [1.807, 2.05) is 4.90 Å². The first-order valence-corrected chi connectivity index (χ1v) is 16.6. The number of amides is 4. The van der Waals surface area contributed by atoms with Gasteiger partial charge < -0.3 is 25.8 Å². The number of nitrogens with one attached hydrogen (secondary N) is 4. The zero-order valence-electron chi connectivity index (χ0n) is 28.4. The maximum absolute atomic E-state index is 13.3. The van der Waals surface area contributed by atoms with E-state index in [1.165, 1.54) is 30.3 Å². The molecule has 1 saturated carbocycles. The third kappa shape index (κ3) is 8.83. The molecular weight excluding hydrogens is 665 g/mol. The van der Waals surface area contributed by atoms with Crippen molar-refractivity contribution in [2.24, 2.45) is 11.8 Å². The number of carbonyl (C=O) groups excluding carboxylic acids is 5. The van der Waals surface area contributed by atoms with Crippen LogP contribution in [0.25, 0.3) is 0 Å². The number of aldehydes is 1. The van der Waals surface area contributed by atoms with E-state index in [0.717, 1.165) is 31.2 Å². The molecule has 1 aliphatic carbocycles. The molecule has 4 N–H and O–H groups in total. The van der Waals surface area contributed by atoms with Crippen LogP contribution in [0.15, 0.2) is 48.2 Å². The predicted octanol–water partition coefficient (Wildman–Crippen LogP) is 4.33. The van der Waals surface area contributed by atoms with E-state index in [4.69, 9.17) is 5.41 Å². The maximum Gasteiger partial charge on any atom is 0.416 e. The van der Waals surface area contributed by atoms with Crippen LogP contribution in [0.3, 0.4) is 0 Å². The number of anilines is 2. The normalized spacial score (nSPS) is 18.1. The number of rotatable bonds is 11. The van der Waals surface area contributed by atoms with E-state index in [2.05, 4.69) is 27.8 Å². The first-order chi connectivity index (χ1) is 24.1. The Morgan fingerprint density at radius 1 is 1.10 bits per heavy atom. The highest BCUT2D eigenvalue weighted by molar-refractivity contribution is 6.06. The monoisotopic (exact) mass is 704 g/mol. The summed E-state index contributed by atoms with van der Waals surface area (Å²) in [5, 5.41) is 15.8. The van der Waals surface area contributed by atoms with Gasteiger partial charge in [-0.1, -0.05) is 11.8 Å². The summed E-state index contributed by atoms with van der Waals surface area (Å²) >= 11 is 0. The van der Waals surface area contributed by atoms with Gasteiger partial charge in [-0.3, -0.25) is 29.3 Å². The second-order valence-corrected chi connectivity index (χ2v) is 13.6. The number of imide groups is 1. The van der Waals surface area contributed by atoms with E-state index in [1.54, 1.807) is 26.0 Å². The Morgan fingerprint density at radius 2 is 1.82 bits per heavy atom. The molecule has 4 amide bonds. The van der Waals surface area contributed by atoms with Crippen LogP contribution >= 0.6 is 0 Å². The Labute approximate surface area is 293 Å². The zero-order chi connectivity index (χ0) is 37.1. The molecule has 2 aromatic carbocycles. The number of halogens is 3.